The number of hydrogen-bond acceptors (Lipinski definition) is 2. The molecule has 0 unspecified atom stereocenters. The summed E-state index contributed by atoms with van der Waals surface area (Å²) in [6.45, 7) is 2.05. The van der Waals surface area contributed by atoms with E-state index in [9.17, 15) is 0 Å². The van der Waals surface area contributed by atoms with E-state index in [2.05, 4.69) is 11.9 Å². The average molecular weight is 209 g/mol. The van der Waals surface area contributed by atoms with Gasteiger partial charge in [0, 0.05) is 11.6 Å². The Hall–Kier alpha value is -2.16. The molecule has 2 heterocycles. The molecule has 3 nitrogen and oxygen atoms in total. The Morgan fingerprint density at radius 3 is 2.81 bits per heavy atom. The van der Waals surface area contributed by atoms with Crippen molar-refractivity contribution in [1.29, 1.82) is 5.41 Å². The van der Waals surface area contributed by atoms with Crippen molar-refractivity contribution in [2.24, 2.45) is 0 Å². The first kappa shape index (κ1) is 9.09. The van der Waals surface area contributed by atoms with E-state index in [1.807, 2.05) is 47.0 Å². The Bertz CT molecular complexity index is 741. The first-order valence-electron chi connectivity index (χ1n) is 5.18. The third kappa shape index (κ3) is 1.21. The SMILES string of the molecule is Cc1ccc2nc(=N)c3ccccc3n2c1. The summed E-state index contributed by atoms with van der Waals surface area (Å²) in [6.07, 6.45) is 2.05. The normalized spacial score (nSPS) is 11.1. The van der Waals surface area contributed by atoms with Crippen LogP contribution < -0.4 is 5.49 Å². The van der Waals surface area contributed by atoms with Crippen LogP contribution in [0.2, 0.25) is 0 Å². The average Bonchev–Trinajstić information content (AvgIpc) is 2.31. The number of aromatic nitrogens is 2. The lowest BCUT2D eigenvalue weighted by molar-refractivity contribution is 1.07. The predicted octanol–water partition coefficient (Wildman–Crippen LogP) is 2.28. The molecule has 0 aliphatic carbocycles. The first-order valence-corrected chi connectivity index (χ1v) is 5.18. The standard InChI is InChI=1S/C13H11N3/c1-9-6-7-12-15-13(14)10-4-2-3-5-11(10)16(12)8-9/h2-8,14H,1H3. The van der Waals surface area contributed by atoms with Gasteiger partial charge in [-0.25, -0.2) is 4.98 Å². The molecule has 3 aromatic rings. The highest BCUT2D eigenvalue weighted by Gasteiger charge is 2.01. The Morgan fingerprint density at radius 2 is 1.94 bits per heavy atom. The fraction of sp³-hybridized carbons (Fsp3) is 0.0769. The van der Waals surface area contributed by atoms with E-state index in [1.54, 1.807) is 0 Å². The molecule has 0 bridgehead atoms. The van der Waals surface area contributed by atoms with Crippen molar-refractivity contribution < 1.29 is 0 Å². The Balaban J connectivity index is 2.66. The summed E-state index contributed by atoms with van der Waals surface area (Å²) in [5.41, 5.74) is 3.36. The summed E-state index contributed by atoms with van der Waals surface area (Å²) in [5.74, 6) is 0. The number of aryl methyl sites for hydroxylation is 1. The highest BCUT2D eigenvalue weighted by atomic mass is 15.0. The largest absolute Gasteiger partial charge is 0.301 e. The number of fused-ring (bicyclic) bond motifs is 3. The van der Waals surface area contributed by atoms with Crippen molar-refractivity contribution in [3.05, 3.63) is 53.6 Å². The van der Waals surface area contributed by atoms with Gasteiger partial charge in [-0.3, -0.25) is 5.41 Å². The summed E-state index contributed by atoms with van der Waals surface area (Å²) >= 11 is 0. The summed E-state index contributed by atoms with van der Waals surface area (Å²) in [4.78, 5) is 4.27. The Labute approximate surface area is 92.5 Å². The Morgan fingerprint density at radius 1 is 1.12 bits per heavy atom. The van der Waals surface area contributed by atoms with Gasteiger partial charge in [-0.2, -0.15) is 0 Å². The molecule has 0 spiro atoms. The van der Waals surface area contributed by atoms with Crippen LogP contribution in [0.3, 0.4) is 0 Å². The molecule has 0 amide bonds. The van der Waals surface area contributed by atoms with Gasteiger partial charge in [0.25, 0.3) is 0 Å². The molecular weight excluding hydrogens is 198 g/mol. The van der Waals surface area contributed by atoms with Crippen molar-refractivity contribution in [1.82, 2.24) is 9.38 Å². The van der Waals surface area contributed by atoms with E-state index < -0.39 is 0 Å². The number of pyridine rings is 1. The molecule has 0 saturated heterocycles. The quantitative estimate of drug-likeness (QED) is 0.567. The van der Waals surface area contributed by atoms with Crippen molar-refractivity contribution in [2.45, 2.75) is 6.92 Å². The zero-order valence-electron chi connectivity index (χ0n) is 8.94. The van der Waals surface area contributed by atoms with Gasteiger partial charge in [0.2, 0.25) is 0 Å². The summed E-state index contributed by atoms with van der Waals surface area (Å²) < 4.78 is 2.03. The zero-order valence-corrected chi connectivity index (χ0v) is 8.94. The van der Waals surface area contributed by atoms with Crippen LogP contribution in [0.1, 0.15) is 5.56 Å². The van der Waals surface area contributed by atoms with E-state index in [4.69, 9.17) is 5.41 Å². The molecule has 78 valence electrons. The van der Waals surface area contributed by atoms with Crippen LogP contribution in [0.5, 0.6) is 0 Å². The maximum Gasteiger partial charge on any atom is 0.156 e. The molecule has 0 aliphatic heterocycles. The molecule has 2 aromatic heterocycles. The second kappa shape index (κ2) is 3.17. The predicted molar refractivity (Wildman–Crippen MR) is 63.3 cm³/mol. The van der Waals surface area contributed by atoms with Crippen LogP contribution in [0.4, 0.5) is 0 Å². The molecule has 0 aliphatic rings. The first-order chi connectivity index (χ1) is 7.75. The molecular formula is C13H11N3. The van der Waals surface area contributed by atoms with Gasteiger partial charge in [0.05, 0.1) is 5.52 Å². The highest BCUT2D eigenvalue weighted by Crippen LogP contribution is 2.12. The minimum absolute atomic E-state index is 0.333. The second-order valence-corrected chi connectivity index (χ2v) is 3.91. The van der Waals surface area contributed by atoms with Crippen molar-refractivity contribution in [2.75, 3.05) is 0 Å². The molecule has 0 fully saturated rings. The fourth-order valence-electron chi connectivity index (χ4n) is 1.94. The Kier molecular flexibility index (Phi) is 1.80. The second-order valence-electron chi connectivity index (χ2n) is 3.91. The van der Waals surface area contributed by atoms with Crippen LogP contribution >= 0.6 is 0 Å². The molecule has 0 radical (unpaired) electrons. The number of rotatable bonds is 0. The third-order valence-corrected chi connectivity index (χ3v) is 2.72. The van der Waals surface area contributed by atoms with E-state index in [-0.39, 0.29) is 0 Å². The van der Waals surface area contributed by atoms with E-state index in [0.29, 0.717) is 5.49 Å². The number of benzene rings is 1. The van der Waals surface area contributed by atoms with Gasteiger partial charge in [0.15, 0.2) is 5.49 Å². The van der Waals surface area contributed by atoms with E-state index >= 15 is 0 Å². The monoisotopic (exact) mass is 209 g/mol. The highest BCUT2D eigenvalue weighted by molar-refractivity contribution is 5.79. The zero-order chi connectivity index (χ0) is 11.1. The number of nitrogens with one attached hydrogen (secondary N) is 1. The van der Waals surface area contributed by atoms with Crippen molar-refractivity contribution >= 4 is 16.6 Å². The molecule has 16 heavy (non-hydrogen) atoms. The summed E-state index contributed by atoms with van der Waals surface area (Å²) in [7, 11) is 0. The molecule has 1 N–H and O–H groups in total. The molecule has 3 rings (SSSR count). The maximum atomic E-state index is 7.87. The van der Waals surface area contributed by atoms with E-state index in [1.165, 1.54) is 5.56 Å². The lowest BCUT2D eigenvalue weighted by atomic mass is 10.2. The van der Waals surface area contributed by atoms with E-state index in [0.717, 1.165) is 16.6 Å². The fourth-order valence-corrected chi connectivity index (χ4v) is 1.94. The summed E-state index contributed by atoms with van der Waals surface area (Å²) in [6, 6.07) is 11.8. The minimum Gasteiger partial charge on any atom is -0.301 e. The van der Waals surface area contributed by atoms with Crippen molar-refractivity contribution in [3.8, 4) is 0 Å². The molecule has 3 heteroatoms. The van der Waals surface area contributed by atoms with Crippen LogP contribution in [-0.4, -0.2) is 9.38 Å². The molecule has 0 atom stereocenters. The number of hydrogen-bond donors (Lipinski definition) is 1. The smallest absolute Gasteiger partial charge is 0.156 e. The van der Waals surface area contributed by atoms with Gasteiger partial charge in [0.1, 0.15) is 5.65 Å². The van der Waals surface area contributed by atoms with Crippen molar-refractivity contribution in [3.63, 3.8) is 0 Å². The van der Waals surface area contributed by atoms with Crippen LogP contribution in [0.25, 0.3) is 16.6 Å². The third-order valence-electron chi connectivity index (χ3n) is 2.72. The topological polar surface area (TPSA) is 41.2 Å². The minimum atomic E-state index is 0.333. The van der Waals surface area contributed by atoms with Gasteiger partial charge in [-0.05, 0) is 30.7 Å². The number of nitrogens with zero attached hydrogens (tertiary/aromatic N) is 2. The lowest BCUT2D eigenvalue weighted by Gasteiger charge is -2.06. The van der Waals surface area contributed by atoms with Crippen LogP contribution in [-0.2, 0) is 0 Å². The maximum absolute atomic E-state index is 7.87. The van der Waals surface area contributed by atoms with Gasteiger partial charge in [-0.15, -0.1) is 0 Å². The van der Waals surface area contributed by atoms with Crippen LogP contribution in [0, 0.1) is 12.3 Å². The van der Waals surface area contributed by atoms with Gasteiger partial charge < -0.3 is 4.40 Å². The summed E-state index contributed by atoms with van der Waals surface area (Å²) in [5, 5.41) is 8.76. The molecule has 0 saturated carbocycles. The van der Waals surface area contributed by atoms with Gasteiger partial charge >= 0.3 is 0 Å². The molecule has 1 aromatic carbocycles. The number of para-hydroxylation sites is 1. The van der Waals surface area contributed by atoms with Crippen LogP contribution in [0.15, 0.2) is 42.6 Å². The van der Waals surface area contributed by atoms with Gasteiger partial charge in [-0.1, -0.05) is 18.2 Å². The lowest BCUT2D eigenvalue weighted by Crippen LogP contribution is -2.10.